The van der Waals surface area contributed by atoms with E-state index >= 15 is 0 Å². The van der Waals surface area contributed by atoms with Gasteiger partial charge >= 0.3 is 5.97 Å². The van der Waals surface area contributed by atoms with Crippen molar-refractivity contribution in [3.63, 3.8) is 0 Å². The Bertz CT molecular complexity index is 1260. The number of fused-ring (bicyclic) bond motifs is 1. The lowest BCUT2D eigenvalue weighted by Gasteiger charge is -2.20. The fourth-order valence-corrected chi connectivity index (χ4v) is 3.65. The molecule has 2 aromatic heterocycles. The van der Waals surface area contributed by atoms with Gasteiger partial charge in [0.1, 0.15) is 17.4 Å². The first kappa shape index (κ1) is 19.0. The van der Waals surface area contributed by atoms with Crippen LogP contribution >= 0.6 is 0 Å². The van der Waals surface area contributed by atoms with E-state index in [1.807, 2.05) is 24.3 Å². The normalized spacial score (nSPS) is 14.2. The number of aromatic carboxylic acids is 1. The van der Waals surface area contributed by atoms with Crippen molar-refractivity contribution < 1.29 is 19.0 Å². The van der Waals surface area contributed by atoms with Crippen molar-refractivity contribution in [1.82, 2.24) is 9.97 Å². The molecule has 5 rings (SSSR count). The summed E-state index contributed by atoms with van der Waals surface area (Å²) >= 11 is 0. The number of carboxylic acids is 1. The van der Waals surface area contributed by atoms with Crippen molar-refractivity contribution in [2.45, 2.75) is 18.4 Å². The summed E-state index contributed by atoms with van der Waals surface area (Å²) in [5.41, 5.74) is 0.935. The van der Waals surface area contributed by atoms with E-state index in [1.54, 1.807) is 36.7 Å². The monoisotopic (exact) mass is 415 g/mol. The van der Waals surface area contributed by atoms with Crippen LogP contribution in [0.4, 0.5) is 10.2 Å². The quantitative estimate of drug-likeness (QED) is 0.441. The van der Waals surface area contributed by atoms with Crippen LogP contribution in [0.25, 0.3) is 10.8 Å². The van der Waals surface area contributed by atoms with Crippen LogP contribution in [0.1, 0.15) is 28.8 Å². The maximum Gasteiger partial charge on any atom is 0.335 e. The number of nitrogens with zero attached hydrogens (tertiary/aromatic N) is 2. The molecule has 1 saturated carbocycles. The number of pyridine rings is 2. The number of nitrogens with one attached hydrogen (secondary N) is 1. The van der Waals surface area contributed by atoms with E-state index in [2.05, 4.69) is 15.3 Å². The van der Waals surface area contributed by atoms with Gasteiger partial charge in [0.15, 0.2) is 0 Å². The number of ether oxygens (including phenoxy) is 1. The van der Waals surface area contributed by atoms with Gasteiger partial charge in [0.25, 0.3) is 0 Å². The van der Waals surface area contributed by atoms with Gasteiger partial charge in [-0.25, -0.2) is 19.2 Å². The summed E-state index contributed by atoms with van der Waals surface area (Å²) in [4.78, 5) is 20.1. The van der Waals surface area contributed by atoms with Gasteiger partial charge < -0.3 is 15.2 Å². The molecule has 154 valence electrons. The molecule has 0 unspecified atom stereocenters. The number of carbonyl (C=O) groups is 1. The van der Waals surface area contributed by atoms with Crippen LogP contribution in [0, 0.1) is 5.82 Å². The Morgan fingerprint density at radius 1 is 0.968 bits per heavy atom. The van der Waals surface area contributed by atoms with Crippen LogP contribution in [0.15, 0.2) is 73.1 Å². The van der Waals surface area contributed by atoms with Gasteiger partial charge in [-0.3, -0.25) is 0 Å². The highest BCUT2D eigenvalue weighted by molar-refractivity contribution is 5.96. The molecule has 0 aliphatic heterocycles. The van der Waals surface area contributed by atoms with Crippen molar-refractivity contribution in [2.24, 2.45) is 0 Å². The molecular formula is C24H18FN3O3. The molecule has 0 atom stereocenters. The third-order valence-electron chi connectivity index (χ3n) is 5.46. The zero-order valence-corrected chi connectivity index (χ0v) is 16.4. The lowest BCUT2D eigenvalue weighted by atomic mass is 10.0. The molecule has 1 fully saturated rings. The number of benzene rings is 2. The number of rotatable bonds is 6. The Morgan fingerprint density at radius 3 is 2.29 bits per heavy atom. The second kappa shape index (κ2) is 7.36. The average molecular weight is 415 g/mol. The number of carboxylic acid groups (broad SMARTS) is 1. The molecule has 1 aliphatic rings. The van der Waals surface area contributed by atoms with Crippen molar-refractivity contribution in [3.8, 4) is 11.6 Å². The molecule has 7 heteroatoms. The zero-order chi connectivity index (χ0) is 21.4. The topological polar surface area (TPSA) is 84.3 Å². The third kappa shape index (κ3) is 3.66. The highest BCUT2D eigenvalue weighted by atomic mass is 19.1. The minimum Gasteiger partial charge on any atom is -0.478 e. The summed E-state index contributed by atoms with van der Waals surface area (Å²) in [6, 6.07) is 16.4. The number of aromatic nitrogens is 2. The van der Waals surface area contributed by atoms with Gasteiger partial charge in [-0.05, 0) is 72.3 Å². The van der Waals surface area contributed by atoms with Crippen LogP contribution in [0.3, 0.4) is 0 Å². The van der Waals surface area contributed by atoms with Gasteiger partial charge in [0.05, 0.1) is 16.5 Å². The van der Waals surface area contributed by atoms with Gasteiger partial charge in [-0.1, -0.05) is 12.1 Å². The summed E-state index contributed by atoms with van der Waals surface area (Å²) < 4.78 is 19.2. The number of hydrogen-bond donors (Lipinski definition) is 2. The van der Waals surface area contributed by atoms with E-state index in [0.717, 1.165) is 29.2 Å². The highest BCUT2D eigenvalue weighted by Crippen LogP contribution is 2.49. The van der Waals surface area contributed by atoms with Gasteiger partial charge in [-0.15, -0.1) is 0 Å². The second-order valence-electron chi connectivity index (χ2n) is 7.52. The Morgan fingerprint density at radius 2 is 1.65 bits per heavy atom. The van der Waals surface area contributed by atoms with Crippen molar-refractivity contribution >= 4 is 22.6 Å². The molecule has 6 nitrogen and oxygen atoms in total. The number of hydrogen-bond acceptors (Lipinski definition) is 5. The Labute approximate surface area is 177 Å². The summed E-state index contributed by atoms with van der Waals surface area (Å²) in [6.45, 7) is 0. The molecule has 0 saturated heterocycles. The predicted octanol–water partition coefficient (Wildman–Crippen LogP) is 5.36. The molecule has 0 amide bonds. The molecule has 0 radical (unpaired) electrons. The lowest BCUT2D eigenvalue weighted by molar-refractivity contribution is 0.0697. The summed E-state index contributed by atoms with van der Waals surface area (Å²) in [6.07, 6.45) is 5.16. The molecule has 31 heavy (non-hydrogen) atoms. The Kier molecular flexibility index (Phi) is 4.51. The second-order valence-corrected chi connectivity index (χ2v) is 7.52. The third-order valence-corrected chi connectivity index (χ3v) is 5.46. The molecule has 0 spiro atoms. The summed E-state index contributed by atoms with van der Waals surface area (Å²) in [5, 5.41) is 14.3. The predicted molar refractivity (Wildman–Crippen MR) is 114 cm³/mol. The first-order valence-electron chi connectivity index (χ1n) is 9.83. The van der Waals surface area contributed by atoms with Crippen molar-refractivity contribution in [2.75, 3.05) is 5.32 Å². The van der Waals surface area contributed by atoms with E-state index < -0.39 is 5.97 Å². The Hall–Kier alpha value is -4.00. The molecule has 1 aliphatic carbocycles. The SMILES string of the molecule is O=C(O)c1ccc(C2(Nc3nccc4ccnc(Oc5ccc(F)cc5)c34)CC2)cc1. The highest BCUT2D eigenvalue weighted by Gasteiger charge is 2.45. The molecule has 4 aromatic rings. The first-order chi connectivity index (χ1) is 15.0. The van der Waals surface area contributed by atoms with Crippen LogP contribution in [0.2, 0.25) is 0 Å². The number of halogens is 1. The minimum atomic E-state index is -0.950. The molecular weight excluding hydrogens is 397 g/mol. The fraction of sp³-hybridized carbons (Fsp3) is 0.125. The average Bonchev–Trinajstić information content (AvgIpc) is 3.56. The maximum absolute atomic E-state index is 13.2. The van der Waals surface area contributed by atoms with Gasteiger partial charge in [0, 0.05) is 12.4 Å². The van der Waals surface area contributed by atoms with E-state index in [9.17, 15) is 9.18 Å². The maximum atomic E-state index is 13.2. The van der Waals surface area contributed by atoms with Gasteiger partial charge in [0.2, 0.25) is 5.88 Å². The van der Waals surface area contributed by atoms with E-state index in [0.29, 0.717) is 17.4 Å². The van der Waals surface area contributed by atoms with E-state index in [1.165, 1.54) is 12.1 Å². The first-order valence-corrected chi connectivity index (χ1v) is 9.83. The smallest absolute Gasteiger partial charge is 0.335 e. The van der Waals surface area contributed by atoms with Crippen LogP contribution in [-0.2, 0) is 5.54 Å². The van der Waals surface area contributed by atoms with E-state index in [4.69, 9.17) is 9.84 Å². The largest absolute Gasteiger partial charge is 0.478 e. The standard InChI is InChI=1S/C24H18FN3O3/c25-18-5-7-19(8-6-18)31-22-20-15(10-14-27-22)9-13-26-21(20)28-24(11-12-24)17-3-1-16(2-4-17)23(29)30/h1-10,13-14H,11-12H2,(H,26,28)(H,29,30). The van der Waals surface area contributed by atoms with E-state index in [-0.39, 0.29) is 16.9 Å². The van der Waals surface area contributed by atoms with Crippen LogP contribution < -0.4 is 10.1 Å². The zero-order valence-electron chi connectivity index (χ0n) is 16.4. The minimum absolute atomic E-state index is 0.252. The molecule has 0 bridgehead atoms. The fourth-order valence-electron chi connectivity index (χ4n) is 3.65. The number of anilines is 1. The van der Waals surface area contributed by atoms with Crippen molar-refractivity contribution in [1.29, 1.82) is 0 Å². The summed E-state index contributed by atoms with van der Waals surface area (Å²) in [7, 11) is 0. The van der Waals surface area contributed by atoms with Crippen LogP contribution in [-0.4, -0.2) is 21.0 Å². The van der Waals surface area contributed by atoms with Crippen LogP contribution in [0.5, 0.6) is 11.6 Å². The van der Waals surface area contributed by atoms with Crippen molar-refractivity contribution in [3.05, 3.63) is 90.0 Å². The van der Waals surface area contributed by atoms with Gasteiger partial charge in [-0.2, -0.15) is 0 Å². The Balaban J connectivity index is 1.51. The summed E-state index contributed by atoms with van der Waals surface area (Å²) in [5.74, 6) is 0.182. The lowest BCUT2D eigenvalue weighted by Crippen LogP contribution is -2.20. The molecule has 2 aromatic carbocycles. The molecule has 2 N–H and O–H groups in total. The molecule has 2 heterocycles.